The predicted molar refractivity (Wildman–Crippen MR) is 154 cm³/mol. The van der Waals surface area contributed by atoms with Crippen LogP contribution >= 0.6 is 0 Å². The van der Waals surface area contributed by atoms with Crippen molar-refractivity contribution in [3.8, 4) is 17.2 Å². The number of methoxy groups -OCH3 is 4. The molecule has 3 aromatic carbocycles. The maximum Gasteiger partial charge on any atom is 0.308 e. The first-order chi connectivity index (χ1) is 18.2. The molecule has 6 nitrogen and oxygen atoms in total. The topological polar surface area (TPSA) is 63.2 Å². The number of aryl methyl sites for hydroxylation is 1. The van der Waals surface area contributed by atoms with E-state index in [0.717, 1.165) is 15.9 Å². The number of ether oxygens (including phenoxy) is 4. The Morgan fingerprint density at radius 1 is 0.763 bits per heavy atom. The number of carbonyl (C=O) groups excluding carboxylic acids is 1. The molecular weight excluding hydrogens is 496 g/mol. The van der Waals surface area contributed by atoms with Gasteiger partial charge in [0.25, 0.3) is 8.32 Å². The molecule has 204 valence electrons. The summed E-state index contributed by atoms with van der Waals surface area (Å²) in [5.74, 6) is 1.47. The van der Waals surface area contributed by atoms with Gasteiger partial charge in [-0.05, 0) is 39.9 Å². The summed E-state index contributed by atoms with van der Waals surface area (Å²) in [5.41, 5.74) is 0.950. The number of hydrogen-bond donors (Lipinski definition) is 0. The average molecular weight is 537 g/mol. The van der Waals surface area contributed by atoms with E-state index >= 15 is 0 Å². The third-order valence-electron chi connectivity index (χ3n) is 6.90. The lowest BCUT2D eigenvalue weighted by Gasteiger charge is -2.45. The van der Waals surface area contributed by atoms with Gasteiger partial charge in [0.15, 0.2) is 11.5 Å². The first kappa shape index (κ1) is 29.3. The quantitative estimate of drug-likeness (QED) is 0.236. The van der Waals surface area contributed by atoms with Gasteiger partial charge in [0, 0.05) is 0 Å². The standard InChI is InChI=1S/C31H40O6Si/c1-31(2,3)38(25-14-10-8-11-15-25,26-16-12-9-13-17-26)37-24(22-28(32)34-5)20-18-23-19-21-27(33-4)30(36-7)29(23)35-6/h8-17,19,21,24H,18,20,22H2,1-7H3. The highest BCUT2D eigenvalue weighted by Crippen LogP contribution is 2.41. The van der Waals surface area contributed by atoms with E-state index in [0.29, 0.717) is 30.1 Å². The van der Waals surface area contributed by atoms with Crippen molar-refractivity contribution in [2.75, 3.05) is 28.4 Å². The molecular formula is C31H40O6Si. The summed E-state index contributed by atoms with van der Waals surface area (Å²) in [5, 5.41) is 2.11. The molecule has 0 aromatic heterocycles. The molecule has 0 amide bonds. The second kappa shape index (κ2) is 13.0. The van der Waals surface area contributed by atoms with Crippen molar-refractivity contribution in [1.29, 1.82) is 0 Å². The van der Waals surface area contributed by atoms with Crippen molar-refractivity contribution in [2.45, 2.75) is 51.2 Å². The average Bonchev–Trinajstić information content (AvgIpc) is 2.93. The smallest absolute Gasteiger partial charge is 0.308 e. The van der Waals surface area contributed by atoms with E-state index in [1.807, 2.05) is 24.3 Å². The molecule has 0 spiro atoms. The van der Waals surface area contributed by atoms with E-state index in [-0.39, 0.29) is 23.5 Å². The molecule has 1 atom stereocenters. The molecule has 3 aromatic rings. The van der Waals surface area contributed by atoms with Gasteiger partial charge in [-0.1, -0.05) is 87.5 Å². The van der Waals surface area contributed by atoms with Gasteiger partial charge in [0.05, 0.1) is 41.0 Å². The summed E-state index contributed by atoms with van der Waals surface area (Å²) >= 11 is 0. The van der Waals surface area contributed by atoms with Crippen molar-refractivity contribution in [3.05, 3.63) is 78.4 Å². The monoisotopic (exact) mass is 536 g/mol. The number of hydrogen-bond acceptors (Lipinski definition) is 6. The molecule has 0 aliphatic rings. The van der Waals surface area contributed by atoms with Crippen LogP contribution in [0.25, 0.3) is 0 Å². The molecule has 0 aliphatic carbocycles. The van der Waals surface area contributed by atoms with Crippen molar-refractivity contribution in [1.82, 2.24) is 0 Å². The molecule has 0 radical (unpaired) electrons. The van der Waals surface area contributed by atoms with Crippen LogP contribution in [0.5, 0.6) is 17.2 Å². The molecule has 38 heavy (non-hydrogen) atoms. The summed E-state index contributed by atoms with van der Waals surface area (Å²) < 4.78 is 29.1. The van der Waals surface area contributed by atoms with Crippen LogP contribution in [0.2, 0.25) is 5.04 Å². The van der Waals surface area contributed by atoms with Gasteiger partial charge in [-0.25, -0.2) is 0 Å². The number of carbonyl (C=O) groups is 1. The molecule has 7 heteroatoms. The number of esters is 1. The van der Waals surface area contributed by atoms with Gasteiger partial charge in [-0.3, -0.25) is 4.79 Å². The van der Waals surface area contributed by atoms with Crippen LogP contribution in [0, 0.1) is 0 Å². The normalized spacial score (nSPS) is 12.5. The van der Waals surface area contributed by atoms with Crippen molar-refractivity contribution >= 4 is 24.7 Å². The first-order valence-corrected chi connectivity index (χ1v) is 14.8. The van der Waals surface area contributed by atoms with Crippen LogP contribution in [0.4, 0.5) is 0 Å². The Morgan fingerprint density at radius 3 is 1.76 bits per heavy atom. The SMILES string of the molecule is COC(=O)CC(CCc1ccc(OC)c(OC)c1OC)O[Si](c1ccccc1)(c1ccccc1)C(C)(C)C. The zero-order chi connectivity index (χ0) is 27.8. The number of benzene rings is 3. The zero-order valence-electron chi connectivity index (χ0n) is 23.6. The van der Waals surface area contributed by atoms with E-state index in [2.05, 4.69) is 69.3 Å². The summed E-state index contributed by atoms with van der Waals surface area (Å²) in [6, 6.07) is 24.7. The minimum Gasteiger partial charge on any atom is -0.493 e. The molecule has 0 saturated carbocycles. The lowest BCUT2D eigenvalue weighted by molar-refractivity contribution is -0.142. The maximum absolute atomic E-state index is 12.6. The molecule has 1 unspecified atom stereocenters. The summed E-state index contributed by atoms with van der Waals surface area (Å²) in [6.07, 6.45) is 0.970. The largest absolute Gasteiger partial charge is 0.493 e. The first-order valence-electron chi connectivity index (χ1n) is 12.8. The van der Waals surface area contributed by atoms with Crippen LogP contribution in [-0.2, 0) is 20.4 Å². The third kappa shape index (κ3) is 6.22. The summed E-state index contributed by atoms with van der Waals surface area (Å²) in [4.78, 5) is 12.6. The Morgan fingerprint density at radius 2 is 1.32 bits per heavy atom. The van der Waals surface area contributed by atoms with E-state index < -0.39 is 8.32 Å². The Kier molecular flexibility index (Phi) is 10.00. The van der Waals surface area contributed by atoms with Gasteiger partial charge < -0.3 is 23.4 Å². The van der Waals surface area contributed by atoms with Crippen LogP contribution in [0.3, 0.4) is 0 Å². The van der Waals surface area contributed by atoms with E-state index in [9.17, 15) is 4.79 Å². The van der Waals surface area contributed by atoms with E-state index in [1.165, 1.54) is 7.11 Å². The fourth-order valence-corrected chi connectivity index (χ4v) is 9.81. The van der Waals surface area contributed by atoms with Crippen LogP contribution in [0.1, 0.15) is 39.2 Å². The van der Waals surface area contributed by atoms with Crippen LogP contribution in [-0.4, -0.2) is 48.8 Å². The van der Waals surface area contributed by atoms with Crippen molar-refractivity contribution < 1.29 is 28.2 Å². The Balaban J connectivity index is 2.07. The Bertz CT molecular complexity index is 1130. The van der Waals surface area contributed by atoms with Gasteiger partial charge in [0.2, 0.25) is 5.75 Å². The summed E-state index contributed by atoms with van der Waals surface area (Å²) in [7, 11) is 3.36. The molecule has 0 saturated heterocycles. The van der Waals surface area contributed by atoms with Gasteiger partial charge >= 0.3 is 5.97 Å². The van der Waals surface area contributed by atoms with Gasteiger partial charge in [-0.2, -0.15) is 0 Å². The predicted octanol–water partition coefficient (Wildman–Crippen LogP) is 5.15. The lowest BCUT2D eigenvalue weighted by atomic mass is 10.0. The summed E-state index contributed by atoms with van der Waals surface area (Å²) in [6.45, 7) is 6.68. The maximum atomic E-state index is 12.6. The van der Waals surface area contributed by atoms with Gasteiger partial charge in [-0.15, -0.1) is 0 Å². The highest BCUT2D eigenvalue weighted by molar-refractivity contribution is 6.99. The number of rotatable bonds is 12. The zero-order valence-corrected chi connectivity index (χ0v) is 24.6. The van der Waals surface area contributed by atoms with E-state index in [1.54, 1.807) is 21.3 Å². The second-order valence-corrected chi connectivity index (χ2v) is 14.5. The van der Waals surface area contributed by atoms with Crippen molar-refractivity contribution in [3.63, 3.8) is 0 Å². The van der Waals surface area contributed by atoms with Crippen LogP contribution < -0.4 is 24.6 Å². The molecule has 0 N–H and O–H groups in total. The molecule has 0 fully saturated rings. The van der Waals surface area contributed by atoms with E-state index in [4.69, 9.17) is 23.4 Å². The second-order valence-electron chi connectivity index (χ2n) is 10.2. The molecule has 3 rings (SSSR count). The lowest BCUT2D eigenvalue weighted by Crippen LogP contribution is -2.67. The fraction of sp³-hybridized carbons (Fsp3) is 0.387. The van der Waals surface area contributed by atoms with Gasteiger partial charge in [0.1, 0.15) is 0 Å². The van der Waals surface area contributed by atoms with Crippen LogP contribution in [0.15, 0.2) is 72.8 Å². The Hall–Kier alpha value is -3.29. The highest BCUT2D eigenvalue weighted by atomic mass is 28.4. The fourth-order valence-electron chi connectivity index (χ4n) is 5.09. The minimum atomic E-state index is -2.87. The molecule has 0 heterocycles. The van der Waals surface area contributed by atoms with Crippen molar-refractivity contribution in [2.24, 2.45) is 0 Å². The molecule has 0 aliphatic heterocycles. The third-order valence-corrected chi connectivity index (χ3v) is 12.0. The molecule has 0 bridgehead atoms. The minimum absolute atomic E-state index is 0.149. The highest BCUT2D eigenvalue weighted by Gasteiger charge is 2.51. The Labute approximate surface area is 228 Å².